The van der Waals surface area contributed by atoms with Crippen LogP contribution in [0.3, 0.4) is 0 Å². The molecule has 1 aliphatic rings. The number of benzene rings is 1. The van der Waals surface area contributed by atoms with Crippen molar-refractivity contribution in [3.8, 4) is 5.75 Å². The van der Waals surface area contributed by atoms with Gasteiger partial charge in [-0.1, -0.05) is 15.9 Å². The predicted octanol–water partition coefficient (Wildman–Crippen LogP) is 3.02. The van der Waals surface area contributed by atoms with E-state index < -0.39 is 0 Å². The summed E-state index contributed by atoms with van der Waals surface area (Å²) in [5.41, 5.74) is 0. The molecule has 1 atom stereocenters. The molecule has 1 aromatic rings. The SMILES string of the molecule is Brc1ccc(OCCOCC2CCCO2)cc1. The molecule has 0 amide bonds. The van der Waals surface area contributed by atoms with Gasteiger partial charge in [0, 0.05) is 11.1 Å². The summed E-state index contributed by atoms with van der Waals surface area (Å²) >= 11 is 3.38. The van der Waals surface area contributed by atoms with Crippen LogP contribution >= 0.6 is 15.9 Å². The molecule has 94 valence electrons. The van der Waals surface area contributed by atoms with Crippen molar-refractivity contribution in [2.75, 3.05) is 26.4 Å². The lowest BCUT2D eigenvalue weighted by Gasteiger charge is -2.10. The average molecular weight is 301 g/mol. The van der Waals surface area contributed by atoms with E-state index in [0.717, 1.165) is 29.7 Å². The summed E-state index contributed by atoms with van der Waals surface area (Å²) in [6, 6.07) is 7.79. The summed E-state index contributed by atoms with van der Waals surface area (Å²) in [5, 5.41) is 0. The fourth-order valence-corrected chi connectivity index (χ4v) is 2.00. The van der Waals surface area contributed by atoms with Crippen LogP contribution < -0.4 is 4.74 Å². The first kappa shape index (κ1) is 12.9. The second-order valence-electron chi connectivity index (χ2n) is 4.01. The Bertz CT molecular complexity index is 320. The molecule has 0 aliphatic carbocycles. The highest BCUT2D eigenvalue weighted by Gasteiger charge is 2.14. The largest absolute Gasteiger partial charge is 0.491 e. The zero-order valence-electron chi connectivity index (χ0n) is 9.73. The monoisotopic (exact) mass is 300 g/mol. The minimum Gasteiger partial charge on any atom is -0.491 e. The fraction of sp³-hybridized carbons (Fsp3) is 0.538. The molecule has 0 N–H and O–H groups in total. The van der Waals surface area contributed by atoms with Gasteiger partial charge in [-0.2, -0.15) is 0 Å². The molecule has 1 aromatic carbocycles. The highest BCUT2D eigenvalue weighted by molar-refractivity contribution is 9.10. The average Bonchev–Trinajstić information content (AvgIpc) is 2.84. The first-order chi connectivity index (χ1) is 8.34. The van der Waals surface area contributed by atoms with Crippen molar-refractivity contribution in [3.05, 3.63) is 28.7 Å². The zero-order valence-corrected chi connectivity index (χ0v) is 11.3. The molecule has 0 spiro atoms. The molecule has 0 saturated carbocycles. The first-order valence-corrected chi connectivity index (χ1v) is 6.71. The minimum atomic E-state index is 0.294. The van der Waals surface area contributed by atoms with Gasteiger partial charge in [0.2, 0.25) is 0 Å². The number of hydrogen-bond donors (Lipinski definition) is 0. The lowest BCUT2D eigenvalue weighted by molar-refractivity contribution is 0.00853. The number of ether oxygens (including phenoxy) is 3. The normalized spacial score (nSPS) is 19.5. The fourth-order valence-electron chi connectivity index (χ4n) is 1.74. The number of rotatable bonds is 6. The van der Waals surface area contributed by atoms with E-state index in [1.165, 1.54) is 0 Å². The minimum absolute atomic E-state index is 0.294. The molecule has 0 aromatic heterocycles. The standard InChI is InChI=1S/C13H17BrO3/c14-11-3-5-12(6-4-11)17-9-8-15-10-13-2-1-7-16-13/h3-6,13H,1-2,7-10H2. The van der Waals surface area contributed by atoms with Crippen LogP contribution in [0.1, 0.15) is 12.8 Å². The predicted molar refractivity (Wildman–Crippen MR) is 69.4 cm³/mol. The zero-order chi connectivity index (χ0) is 11.9. The lowest BCUT2D eigenvalue weighted by atomic mass is 10.2. The van der Waals surface area contributed by atoms with Gasteiger partial charge in [0.15, 0.2) is 0 Å². The lowest BCUT2D eigenvalue weighted by Crippen LogP contribution is -2.17. The Morgan fingerprint density at radius 1 is 1.24 bits per heavy atom. The van der Waals surface area contributed by atoms with Gasteiger partial charge in [-0.25, -0.2) is 0 Å². The molecule has 0 bridgehead atoms. The molecule has 1 fully saturated rings. The van der Waals surface area contributed by atoms with Crippen LogP contribution in [0.25, 0.3) is 0 Å². The Labute approximate surface area is 110 Å². The van der Waals surface area contributed by atoms with Crippen molar-refractivity contribution in [1.82, 2.24) is 0 Å². The van der Waals surface area contributed by atoms with Gasteiger partial charge >= 0.3 is 0 Å². The van der Waals surface area contributed by atoms with E-state index in [1.807, 2.05) is 24.3 Å². The van der Waals surface area contributed by atoms with Crippen molar-refractivity contribution < 1.29 is 14.2 Å². The van der Waals surface area contributed by atoms with Crippen molar-refractivity contribution in [2.45, 2.75) is 18.9 Å². The second-order valence-corrected chi connectivity index (χ2v) is 4.93. The van der Waals surface area contributed by atoms with Gasteiger partial charge in [0.05, 0.1) is 19.3 Å². The molecule has 0 radical (unpaired) electrons. The van der Waals surface area contributed by atoms with Crippen LogP contribution in [0, 0.1) is 0 Å². The molecule has 3 nitrogen and oxygen atoms in total. The van der Waals surface area contributed by atoms with Crippen LogP contribution in [0.5, 0.6) is 5.75 Å². The van der Waals surface area contributed by atoms with Crippen LogP contribution in [0.2, 0.25) is 0 Å². The summed E-state index contributed by atoms with van der Waals surface area (Å²) in [7, 11) is 0. The molecule has 1 heterocycles. The molecule has 1 saturated heterocycles. The van der Waals surface area contributed by atoms with E-state index in [4.69, 9.17) is 14.2 Å². The Kier molecular flexibility index (Phi) is 5.29. The number of halogens is 1. The van der Waals surface area contributed by atoms with E-state index in [1.54, 1.807) is 0 Å². The number of hydrogen-bond acceptors (Lipinski definition) is 3. The summed E-state index contributed by atoms with van der Waals surface area (Å²) in [6.45, 7) is 2.75. The van der Waals surface area contributed by atoms with Crippen molar-refractivity contribution in [1.29, 1.82) is 0 Å². The van der Waals surface area contributed by atoms with Crippen LogP contribution in [-0.4, -0.2) is 32.5 Å². The molecule has 2 rings (SSSR count). The van der Waals surface area contributed by atoms with E-state index in [2.05, 4.69) is 15.9 Å². The summed E-state index contributed by atoms with van der Waals surface area (Å²) in [6.07, 6.45) is 2.57. The Morgan fingerprint density at radius 3 is 2.76 bits per heavy atom. The van der Waals surface area contributed by atoms with Gasteiger partial charge in [-0.3, -0.25) is 0 Å². The topological polar surface area (TPSA) is 27.7 Å². The Hall–Kier alpha value is -0.580. The van der Waals surface area contributed by atoms with Gasteiger partial charge in [0.25, 0.3) is 0 Å². The van der Waals surface area contributed by atoms with Crippen LogP contribution in [0.4, 0.5) is 0 Å². The maximum Gasteiger partial charge on any atom is 0.119 e. The van der Waals surface area contributed by atoms with Gasteiger partial charge in [-0.15, -0.1) is 0 Å². The van der Waals surface area contributed by atoms with E-state index in [9.17, 15) is 0 Å². The van der Waals surface area contributed by atoms with Gasteiger partial charge in [-0.05, 0) is 37.1 Å². The molecular formula is C13H17BrO3. The van der Waals surface area contributed by atoms with Crippen LogP contribution in [0.15, 0.2) is 28.7 Å². The Balaban J connectivity index is 1.55. The Morgan fingerprint density at radius 2 is 2.06 bits per heavy atom. The first-order valence-electron chi connectivity index (χ1n) is 5.92. The van der Waals surface area contributed by atoms with Gasteiger partial charge in [0.1, 0.15) is 12.4 Å². The van der Waals surface area contributed by atoms with Crippen molar-refractivity contribution in [3.63, 3.8) is 0 Å². The summed E-state index contributed by atoms with van der Waals surface area (Å²) < 4.78 is 17.6. The van der Waals surface area contributed by atoms with E-state index >= 15 is 0 Å². The maximum absolute atomic E-state index is 5.54. The quantitative estimate of drug-likeness (QED) is 0.756. The third-order valence-electron chi connectivity index (χ3n) is 2.64. The third kappa shape index (κ3) is 4.66. The van der Waals surface area contributed by atoms with Crippen LogP contribution in [-0.2, 0) is 9.47 Å². The van der Waals surface area contributed by atoms with E-state index in [-0.39, 0.29) is 0 Å². The summed E-state index contributed by atoms with van der Waals surface area (Å²) in [4.78, 5) is 0. The second kappa shape index (κ2) is 6.99. The molecule has 1 aliphatic heterocycles. The molecule has 4 heteroatoms. The summed E-state index contributed by atoms with van der Waals surface area (Å²) in [5.74, 6) is 0.869. The van der Waals surface area contributed by atoms with Crippen molar-refractivity contribution in [2.24, 2.45) is 0 Å². The smallest absolute Gasteiger partial charge is 0.119 e. The molecular weight excluding hydrogens is 284 g/mol. The third-order valence-corrected chi connectivity index (χ3v) is 3.17. The molecule has 17 heavy (non-hydrogen) atoms. The van der Waals surface area contributed by atoms with Crippen molar-refractivity contribution >= 4 is 15.9 Å². The highest BCUT2D eigenvalue weighted by Crippen LogP contribution is 2.16. The maximum atomic E-state index is 5.54. The molecule has 1 unspecified atom stereocenters. The van der Waals surface area contributed by atoms with Gasteiger partial charge < -0.3 is 14.2 Å². The van der Waals surface area contributed by atoms with E-state index in [0.29, 0.717) is 25.9 Å². The highest BCUT2D eigenvalue weighted by atomic mass is 79.9.